The Labute approximate surface area is 178 Å². The monoisotopic (exact) mass is 384 g/mol. The van der Waals surface area contributed by atoms with E-state index in [0.29, 0.717) is 0 Å². The summed E-state index contributed by atoms with van der Waals surface area (Å²) >= 11 is 0. The van der Waals surface area contributed by atoms with Gasteiger partial charge in [-0.25, -0.2) is 0 Å². The molecule has 4 aliphatic rings. The molecule has 0 fully saturated rings. The van der Waals surface area contributed by atoms with Crippen molar-refractivity contribution in [2.45, 2.75) is 38.5 Å². The standard InChI is InChI=1S/C30H24/c1-18-11-13-23-22-9-5-6-10-25(22)30(26(23)15-18)27-16-19(2)12-14-24(27)29-21-8-4-3-7-20(21)17-28(29)30/h3,5-7,9-16H,4,8,17H2,1-2H3. The first-order chi connectivity index (χ1) is 14.7. The van der Waals surface area contributed by atoms with Gasteiger partial charge in [0.25, 0.3) is 0 Å². The Morgan fingerprint density at radius 1 is 0.733 bits per heavy atom. The molecule has 3 aromatic carbocycles. The zero-order valence-electron chi connectivity index (χ0n) is 17.5. The van der Waals surface area contributed by atoms with Gasteiger partial charge < -0.3 is 0 Å². The van der Waals surface area contributed by atoms with Gasteiger partial charge in [0.2, 0.25) is 0 Å². The van der Waals surface area contributed by atoms with Crippen LogP contribution in [0, 0.1) is 13.8 Å². The molecule has 0 N–H and O–H groups in total. The molecule has 0 aromatic heterocycles. The fourth-order valence-electron chi connectivity index (χ4n) is 6.63. The summed E-state index contributed by atoms with van der Waals surface area (Å²) in [5, 5.41) is 0. The van der Waals surface area contributed by atoms with Crippen LogP contribution in [0.1, 0.15) is 52.6 Å². The van der Waals surface area contributed by atoms with E-state index in [0.717, 1.165) is 12.8 Å². The van der Waals surface area contributed by atoms with Gasteiger partial charge in [-0.15, -0.1) is 0 Å². The van der Waals surface area contributed by atoms with Crippen molar-refractivity contribution in [1.29, 1.82) is 0 Å². The summed E-state index contributed by atoms with van der Waals surface area (Å²) in [6.45, 7) is 4.47. The summed E-state index contributed by atoms with van der Waals surface area (Å²) in [4.78, 5) is 0. The highest BCUT2D eigenvalue weighted by Gasteiger charge is 2.54. The molecular formula is C30H24. The normalized spacial score (nSPS) is 22.3. The Morgan fingerprint density at radius 2 is 1.43 bits per heavy atom. The Kier molecular flexibility index (Phi) is 3.06. The van der Waals surface area contributed by atoms with Crippen molar-refractivity contribution in [1.82, 2.24) is 0 Å². The van der Waals surface area contributed by atoms with Crippen molar-refractivity contribution < 1.29 is 0 Å². The molecular weight excluding hydrogens is 360 g/mol. The average molecular weight is 385 g/mol. The molecule has 0 radical (unpaired) electrons. The maximum absolute atomic E-state index is 2.47. The molecule has 0 heterocycles. The summed E-state index contributed by atoms with van der Waals surface area (Å²) in [7, 11) is 0. The molecule has 0 aliphatic heterocycles. The van der Waals surface area contributed by atoms with Gasteiger partial charge in [0.15, 0.2) is 0 Å². The first-order valence-electron chi connectivity index (χ1n) is 11.1. The lowest BCUT2D eigenvalue weighted by atomic mass is 9.68. The van der Waals surface area contributed by atoms with Gasteiger partial charge in [-0.1, -0.05) is 83.9 Å². The van der Waals surface area contributed by atoms with Crippen LogP contribution in [-0.2, 0) is 5.41 Å². The zero-order chi connectivity index (χ0) is 20.0. The van der Waals surface area contributed by atoms with Crippen LogP contribution < -0.4 is 0 Å². The third-order valence-corrected chi connectivity index (χ3v) is 7.74. The van der Waals surface area contributed by atoms with Crippen LogP contribution >= 0.6 is 0 Å². The van der Waals surface area contributed by atoms with Crippen molar-refractivity contribution >= 4 is 5.57 Å². The molecule has 0 bridgehead atoms. The van der Waals surface area contributed by atoms with Gasteiger partial charge >= 0.3 is 0 Å². The van der Waals surface area contributed by atoms with E-state index >= 15 is 0 Å². The molecule has 4 aliphatic carbocycles. The largest absolute Gasteiger partial charge is 0.0839 e. The molecule has 1 atom stereocenters. The highest BCUT2D eigenvalue weighted by molar-refractivity contribution is 6.01. The van der Waals surface area contributed by atoms with Crippen molar-refractivity contribution in [3.63, 3.8) is 0 Å². The van der Waals surface area contributed by atoms with Crippen LogP contribution in [0.5, 0.6) is 0 Å². The molecule has 0 nitrogen and oxygen atoms in total. The van der Waals surface area contributed by atoms with E-state index < -0.39 is 0 Å². The molecule has 0 heteroatoms. The first kappa shape index (κ1) is 16.7. The van der Waals surface area contributed by atoms with Gasteiger partial charge in [0.05, 0.1) is 5.41 Å². The minimum atomic E-state index is -0.139. The first-order valence-corrected chi connectivity index (χ1v) is 11.1. The molecule has 1 unspecified atom stereocenters. The highest BCUT2D eigenvalue weighted by Crippen LogP contribution is 2.66. The number of aryl methyl sites for hydroxylation is 2. The van der Waals surface area contributed by atoms with Crippen LogP contribution in [0.2, 0.25) is 0 Å². The number of fused-ring (bicyclic) bond motifs is 10. The molecule has 0 saturated heterocycles. The lowest BCUT2D eigenvalue weighted by Gasteiger charge is -2.33. The van der Waals surface area contributed by atoms with Crippen LogP contribution in [0.15, 0.2) is 89.5 Å². The highest BCUT2D eigenvalue weighted by atomic mass is 14.6. The van der Waals surface area contributed by atoms with Crippen molar-refractivity contribution in [3.05, 3.63) is 123 Å². The molecule has 0 amide bonds. The molecule has 144 valence electrons. The molecule has 7 rings (SSSR count). The second-order valence-corrected chi connectivity index (χ2v) is 9.37. The molecule has 30 heavy (non-hydrogen) atoms. The maximum Gasteiger partial charge on any atom is 0.0692 e. The van der Waals surface area contributed by atoms with E-state index in [1.54, 1.807) is 22.3 Å². The van der Waals surface area contributed by atoms with Crippen LogP contribution in [0.25, 0.3) is 16.7 Å². The van der Waals surface area contributed by atoms with E-state index in [-0.39, 0.29) is 5.41 Å². The minimum Gasteiger partial charge on any atom is -0.0839 e. The van der Waals surface area contributed by atoms with Gasteiger partial charge in [0.1, 0.15) is 0 Å². The summed E-state index contributed by atoms with van der Waals surface area (Å²) in [5.41, 5.74) is 17.7. The molecule has 3 aromatic rings. The van der Waals surface area contributed by atoms with Gasteiger partial charge in [-0.2, -0.15) is 0 Å². The Morgan fingerprint density at radius 3 is 2.27 bits per heavy atom. The summed E-state index contributed by atoms with van der Waals surface area (Å²) < 4.78 is 0. The second kappa shape index (κ2) is 5.52. The van der Waals surface area contributed by atoms with Gasteiger partial charge in [0, 0.05) is 0 Å². The lowest BCUT2D eigenvalue weighted by Crippen LogP contribution is -2.27. The number of hydrogen-bond acceptors (Lipinski definition) is 0. The fraction of sp³-hybridized carbons (Fsp3) is 0.200. The van der Waals surface area contributed by atoms with E-state index in [1.807, 2.05) is 0 Å². The number of hydrogen-bond donors (Lipinski definition) is 0. The number of allylic oxidation sites excluding steroid dienone is 6. The van der Waals surface area contributed by atoms with Crippen molar-refractivity contribution in [3.8, 4) is 11.1 Å². The van der Waals surface area contributed by atoms with Crippen molar-refractivity contribution in [2.75, 3.05) is 0 Å². The third-order valence-electron chi connectivity index (χ3n) is 7.74. The maximum atomic E-state index is 2.47. The van der Waals surface area contributed by atoms with E-state index in [4.69, 9.17) is 0 Å². The van der Waals surface area contributed by atoms with E-state index in [2.05, 4.69) is 86.7 Å². The summed E-state index contributed by atoms with van der Waals surface area (Å²) in [6, 6.07) is 23.4. The van der Waals surface area contributed by atoms with E-state index in [9.17, 15) is 0 Å². The predicted molar refractivity (Wildman–Crippen MR) is 125 cm³/mol. The average Bonchev–Trinajstić information content (AvgIpc) is 3.36. The van der Waals surface area contributed by atoms with Gasteiger partial charge in [-0.05, 0) is 88.8 Å². The predicted octanol–water partition coefficient (Wildman–Crippen LogP) is 7.44. The minimum absolute atomic E-state index is 0.139. The second-order valence-electron chi connectivity index (χ2n) is 9.37. The smallest absolute Gasteiger partial charge is 0.0692 e. The van der Waals surface area contributed by atoms with Crippen LogP contribution in [0.3, 0.4) is 0 Å². The lowest BCUT2D eigenvalue weighted by molar-refractivity contribution is 0.742. The zero-order valence-corrected chi connectivity index (χ0v) is 17.5. The van der Waals surface area contributed by atoms with Gasteiger partial charge in [-0.3, -0.25) is 0 Å². The molecule has 0 saturated carbocycles. The third kappa shape index (κ3) is 1.80. The van der Waals surface area contributed by atoms with E-state index in [1.165, 1.54) is 50.9 Å². The fourth-order valence-corrected chi connectivity index (χ4v) is 6.63. The Bertz CT molecular complexity index is 1370. The Balaban J connectivity index is 1.66. The molecule has 1 spiro atoms. The Hall–Kier alpha value is -3.12. The quantitative estimate of drug-likeness (QED) is 0.378. The number of benzene rings is 3. The number of rotatable bonds is 0. The topological polar surface area (TPSA) is 0 Å². The summed E-state index contributed by atoms with van der Waals surface area (Å²) in [6.07, 6.45) is 8.18. The summed E-state index contributed by atoms with van der Waals surface area (Å²) in [5.74, 6) is 0. The van der Waals surface area contributed by atoms with Crippen molar-refractivity contribution in [2.24, 2.45) is 0 Å². The van der Waals surface area contributed by atoms with Crippen LogP contribution in [0.4, 0.5) is 0 Å². The SMILES string of the molecule is Cc1ccc2c(c1)C1(C3=C2C2=C(C=CCC2)C3)c2ccccc2-c2ccc(C)cc21. The van der Waals surface area contributed by atoms with Crippen LogP contribution in [-0.4, -0.2) is 0 Å².